The van der Waals surface area contributed by atoms with Crippen molar-refractivity contribution in [2.45, 2.75) is 26.5 Å². The van der Waals surface area contributed by atoms with E-state index in [1.807, 2.05) is 32.0 Å². The zero-order valence-electron chi connectivity index (χ0n) is 14.1. The maximum Gasteiger partial charge on any atom is 0.274 e. The topological polar surface area (TPSA) is 100 Å². The number of aliphatic hydroxyl groups excluding tert-OH is 1. The van der Waals surface area contributed by atoms with Crippen LogP contribution in [0.15, 0.2) is 41.3 Å². The average Bonchev–Trinajstić information content (AvgIpc) is 3.00. The van der Waals surface area contributed by atoms with Crippen LogP contribution < -0.4 is 10.9 Å². The Bertz CT molecular complexity index is 958. The van der Waals surface area contributed by atoms with E-state index in [1.54, 1.807) is 18.3 Å². The van der Waals surface area contributed by atoms with Crippen molar-refractivity contribution in [1.82, 2.24) is 14.5 Å². The number of aromatic amines is 1. The lowest BCUT2D eigenvalue weighted by atomic mass is 9.98. The molecule has 7 nitrogen and oxygen atoms in total. The Balaban J connectivity index is 1.99. The lowest BCUT2D eigenvalue weighted by Crippen LogP contribution is -2.23. The van der Waals surface area contributed by atoms with Gasteiger partial charge in [0.05, 0.1) is 23.7 Å². The zero-order valence-corrected chi connectivity index (χ0v) is 14.1. The summed E-state index contributed by atoms with van der Waals surface area (Å²) in [6, 6.07) is 8.84. The molecule has 0 bridgehead atoms. The van der Waals surface area contributed by atoms with Crippen molar-refractivity contribution in [3.05, 3.63) is 58.3 Å². The number of hydrogen-bond acceptors (Lipinski definition) is 4. The first-order chi connectivity index (χ1) is 12.0. The number of H-pyrrole nitrogens is 1. The van der Waals surface area contributed by atoms with E-state index in [0.717, 1.165) is 11.1 Å². The molecule has 3 aromatic rings. The number of rotatable bonds is 6. The monoisotopic (exact) mass is 340 g/mol. The molecule has 1 unspecified atom stereocenters. The summed E-state index contributed by atoms with van der Waals surface area (Å²) in [6.07, 6.45) is 1.50. The van der Waals surface area contributed by atoms with E-state index in [9.17, 15) is 14.7 Å². The van der Waals surface area contributed by atoms with Crippen LogP contribution in [0.4, 0.5) is 5.69 Å². The number of aromatic nitrogens is 3. The summed E-state index contributed by atoms with van der Waals surface area (Å²) >= 11 is 0. The molecule has 25 heavy (non-hydrogen) atoms. The van der Waals surface area contributed by atoms with Gasteiger partial charge in [-0.3, -0.25) is 9.59 Å². The highest BCUT2D eigenvalue weighted by Crippen LogP contribution is 2.27. The van der Waals surface area contributed by atoms with Crippen molar-refractivity contribution in [2.24, 2.45) is 5.92 Å². The van der Waals surface area contributed by atoms with Crippen LogP contribution in [-0.2, 0) is 11.3 Å². The first-order valence-corrected chi connectivity index (χ1v) is 8.06. The predicted molar refractivity (Wildman–Crippen MR) is 95.4 cm³/mol. The van der Waals surface area contributed by atoms with Gasteiger partial charge < -0.3 is 20.0 Å². The van der Waals surface area contributed by atoms with E-state index < -0.39 is 6.10 Å². The number of amides is 1. The summed E-state index contributed by atoms with van der Waals surface area (Å²) in [4.78, 5) is 30.6. The second kappa shape index (κ2) is 6.90. The molecule has 0 aliphatic carbocycles. The van der Waals surface area contributed by atoms with Crippen LogP contribution in [0.5, 0.6) is 0 Å². The van der Waals surface area contributed by atoms with Gasteiger partial charge in [-0.1, -0.05) is 26.0 Å². The molecule has 1 atom stereocenters. The first kappa shape index (κ1) is 16.9. The molecule has 0 aliphatic heterocycles. The highest BCUT2D eigenvalue weighted by molar-refractivity contribution is 5.79. The number of fused-ring (bicyclic) bond motifs is 1. The smallest absolute Gasteiger partial charge is 0.274 e. The number of pyridine rings is 1. The van der Waals surface area contributed by atoms with Crippen LogP contribution >= 0.6 is 0 Å². The number of hydrogen-bond donors (Lipinski definition) is 3. The maximum atomic E-state index is 12.3. The Morgan fingerprint density at radius 3 is 2.84 bits per heavy atom. The van der Waals surface area contributed by atoms with Crippen molar-refractivity contribution in [2.75, 3.05) is 5.32 Å². The van der Waals surface area contributed by atoms with Crippen molar-refractivity contribution in [1.29, 1.82) is 0 Å². The fraction of sp³-hybridized carbons (Fsp3) is 0.278. The molecule has 1 amide bonds. The van der Waals surface area contributed by atoms with Gasteiger partial charge in [-0.05, 0) is 24.1 Å². The summed E-state index contributed by atoms with van der Waals surface area (Å²) in [5.41, 5.74) is 2.18. The van der Waals surface area contributed by atoms with Crippen molar-refractivity contribution in [3.63, 3.8) is 0 Å². The summed E-state index contributed by atoms with van der Waals surface area (Å²) in [5.74, 6) is 0.670. The SMILES string of the molecule is CC(C)C(O)c1cccc2[nH]c(Cn3cccc(NC=O)c3=O)nc12. The van der Waals surface area contributed by atoms with Gasteiger partial charge in [-0.25, -0.2) is 4.98 Å². The number of anilines is 1. The van der Waals surface area contributed by atoms with Crippen LogP contribution in [0, 0.1) is 5.92 Å². The third kappa shape index (κ3) is 3.32. The fourth-order valence-corrected chi connectivity index (χ4v) is 2.77. The molecular weight excluding hydrogens is 320 g/mol. The summed E-state index contributed by atoms with van der Waals surface area (Å²) in [7, 11) is 0. The fourth-order valence-electron chi connectivity index (χ4n) is 2.77. The summed E-state index contributed by atoms with van der Waals surface area (Å²) < 4.78 is 1.46. The Morgan fingerprint density at radius 2 is 2.12 bits per heavy atom. The minimum absolute atomic E-state index is 0.0690. The van der Waals surface area contributed by atoms with Crippen LogP contribution in [-0.4, -0.2) is 26.1 Å². The van der Waals surface area contributed by atoms with Gasteiger partial charge in [0.25, 0.3) is 5.56 Å². The molecule has 0 saturated carbocycles. The normalized spacial score (nSPS) is 12.5. The van der Waals surface area contributed by atoms with Crippen molar-refractivity contribution in [3.8, 4) is 0 Å². The van der Waals surface area contributed by atoms with E-state index in [2.05, 4.69) is 15.3 Å². The highest BCUT2D eigenvalue weighted by Gasteiger charge is 2.17. The van der Waals surface area contributed by atoms with Crippen LogP contribution in [0.2, 0.25) is 0 Å². The molecular formula is C18H20N4O3. The summed E-state index contributed by atoms with van der Waals surface area (Å²) in [5, 5.41) is 12.8. The van der Waals surface area contributed by atoms with E-state index in [1.165, 1.54) is 4.57 Å². The maximum absolute atomic E-state index is 12.3. The Hall–Kier alpha value is -2.93. The van der Waals surface area contributed by atoms with Crippen LogP contribution in [0.3, 0.4) is 0 Å². The van der Waals surface area contributed by atoms with E-state index in [4.69, 9.17) is 0 Å². The van der Waals surface area contributed by atoms with Gasteiger partial charge in [0.15, 0.2) is 0 Å². The number of nitrogens with zero attached hydrogens (tertiary/aromatic N) is 2. The standard InChI is InChI=1S/C18H20N4O3/c1-11(2)17(24)12-5-3-6-13-16(12)21-15(20-13)9-22-8-4-7-14(18(22)25)19-10-23/h3-8,10-11,17,24H,9H2,1-2H3,(H,19,23)(H,20,21). The van der Waals surface area contributed by atoms with E-state index in [0.29, 0.717) is 17.8 Å². The third-order valence-corrected chi connectivity index (χ3v) is 4.10. The summed E-state index contributed by atoms with van der Waals surface area (Å²) in [6.45, 7) is 4.13. The molecule has 2 heterocycles. The molecule has 2 aromatic heterocycles. The molecule has 0 radical (unpaired) electrons. The molecule has 1 aromatic carbocycles. The lowest BCUT2D eigenvalue weighted by Gasteiger charge is -2.14. The largest absolute Gasteiger partial charge is 0.388 e. The second-order valence-corrected chi connectivity index (χ2v) is 6.23. The number of para-hydroxylation sites is 1. The minimum Gasteiger partial charge on any atom is -0.388 e. The van der Waals surface area contributed by atoms with Gasteiger partial charge >= 0.3 is 0 Å². The number of imidazole rings is 1. The highest BCUT2D eigenvalue weighted by atomic mass is 16.3. The van der Waals surface area contributed by atoms with Crippen LogP contribution in [0.25, 0.3) is 11.0 Å². The number of carbonyl (C=O) groups is 1. The number of carbonyl (C=O) groups excluding carboxylic acids is 1. The molecule has 130 valence electrons. The number of benzene rings is 1. The molecule has 0 fully saturated rings. The molecule has 0 aliphatic rings. The lowest BCUT2D eigenvalue weighted by molar-refractivity contribution is -0.105. The first-order valence-electron chi connectivity index (χ1n) is 8.06. The Labute approximate surface area is 144 Å². The molecule has 7 heteroatoms. The number of aliphatic hydroxyl groups is 1. The van der Waals surface area contributed by atoms with Gasteiger partial charge in [-0.2, -0.15) is 0 Å². The predicted octanol–water partition coefficient (Wildman–Crippen LogP) is 2.03. The third-order valence-electron chi connectivity index (χ3n) is 4.10. The minimum atomic E-state index is -0.609. The number of nitrogens with one attached hydrogen (secondary N) is 2. The Morgan fingerprint density at radius 1 is 1.32 bits per heavy atom. The van der Waals surface area contributed by atoms with Crippen molar-refractivity contribution >= 4 is 23.1 Å². The second-order valence-electron chi connectivity index (χ2n) is 6.23. The molecule has 3 N–H and O–H groups in total. The van der Waals surface area contributed by atoms with Gasteiger partial charge in [0.2, 0.25) is 6.41 Å². The van der Waals surface area contributed by atoms with Crippen LogP contribution in [0.1, 0.15) is 31.3 Å². The molecule has 0 saturated heterocycles. The van der Waals surface area contributed by atoms with Crippen molar-refractivity contribution < 1.29 is 9.90 Å². The quantitative estimate of drug-likeness (QED) is 0.598. The average molecular weight is 340 g/mol. The molecule has 3 rings (SSSR count). The molecule has 0 spiro atoms. The van der Waals surface area contributed by atoms with Gasteiger partial charge in [-0.15, -0.1) is 0 Å². The van der Waals surface area contributed by atoms with E-state index in [-0.39, 0.29) is 23.7 Å². The van der Waals surface area contributed by atoms with Gasteiger partial charge in [0, 0.05) is 11.8 Å². The van der Waals surface area contributed by atoms with Gasteiger partial charge in [0.1, 0.15) is 11.5 Å². The Kier molecular flexibility index (Phi) is 4.67. The zero-order chi connectivity index (χ0) is 18.0. The van der Waals surface area contributed by atoms with E-state index >= 15 is 0 Å².